The van der Waals surface area contributed by atoms with Crippen molar-refractivity contribution >= 4 is 11.8 Å². The fourth-order valence-electron chi connectivity index (χ4n) is 4.07. The minimum atomic E-state index is -0.542. The van der Waals surface area contributed by atoms with Crippen molar-refractivity contribution < 1.29 is 19.4 Å². The van der Waals surface area contributed by atoms with Crippen LogP contribution in [0.3, 0.4) is 0 Å². The van der Waals surface area contributed by atoms with Crippen LogP contribution in [-0.4, -0.2) is 58.6 Å². The van der Waals surface area contributed by atoms with E-state index in [0.717, 1.165) is 11.3 Å². The number of rotatable bonds is 5. The maximum absolute atomic E-state index is 12.6. The Morgan fingerprint density at radius 3 is 2.60 bits per heavy atom. The molecule has 0 bridgehead atoms. The summed E-state index contributed by atoms with van der Waals surface area (Å²) in [7, 11) is 1.63. The molecular weight excluding hydrogens is 320 g/mol. The van der Waals surface area contributed by atoms with Crippen molar-refractivity contribution in [3.05, 3.63) is 29.8 Å². The van der Waals surface area contributed by atoms with Crippen LogP contribution in [0.2, 0.25) is 0 Å². The molecule has 0 saturated carbocycles. The smallest absolute Gasteiger partial charge is 0.232 e. The molecular formula is C19H26N2O4. The molecule has 25 heavy (non-hydrogen) atoms. The highest BCUT2D eigenvalue weighted by molar-refractivity contribution is 5.99. The topological polar surface area (TPSA) is 70.1 Å². The number of amides is 2. The Bertz CT molecular complexity index is 658. The lowest BCUT2D eigenvalue weighted by Gasteiger charge is -2.58. The van der Waals surface area contributed by atoms with Gasteiger partial charge in [0.05, 0.1) is 25.3 Å². The highest BCUT2D eigenvalue weighted by Gasteiger charge is 2.61. The van der Waals surface area contributed by atoms with Crippen molar-refractivity contribution in [1.29, 1.82) is 0 Å². The van der Waals surface area contributed by atoms with Gasteiger partial charge in [0.15, 0.2) is 0 Å². The number of hydrogen-bond acceptors (Lipinski definition) is 5. The molecule has 6 heteroatoms. The van der Waals surface area contributed by atoms with Crippen molar-refractivity contribution in [2.75, 3.05) is 20.3 Å². The SMILES string of the molecule is COc1ccc(CN2CC3(CCC(=O)N3C(=O)C(C)C)C2CO)cc1. The molecule has 1 N–H and O–H groups in total. The van der Waals surface area contributed by atoms with E-state index in [1.165, 1.54) is 4.90 Å². The van der Waals surface area contributed by atoms with Crippen LogP contribution >= 0.6 is 0 Å². The highest BCUT2D eigenvalue weighted by Crippen LogP contribution is 2.44. The average Bonchev–Trinajstić information content (AvgIpc) is 2.93. The predicted octanol–water partition coefficient (Wildman–Crippen LogP) is 1.42. The molecule has 2 aliphatic heterocycles. The Labute approximate surface area is 148 Å². The quantitative estimate of drug-likeness (QED) is 0.873. The van der Waals surface area contributed by atoms with Crippen LogP contribution in [0.4, 0.5) is 0 Å². The third-order valence-electron chi connectivity index (χ3n) is 5.44. The second-order valence-electron chi connectivity index (χ2n) is 7.28. The van der Waals surface area contributed by atoms with Gasteiger partial charge in [-0.1, -0.05) is 26.0 Å². The number of benzene rings is 1. The predicted molar refractivity (Wildman–Crippen MR) is 92.9 cm³/mol. The van der Waals surface area contributed by atoms with E-state index < -0.39 is 5.54 Å². The number of carbonyl (C=O) groups is 2. The summed E-state index contributed by atoms with van der Waals surface area (Å²) in [6.45, 7) is 4.85. The molecule has 0 radical (unpaired) electrons. The number of carbonyl (C=O) groups excluding carboxylic acids is 2. The van der Waals surface area contributed by atoms with E-state index in [-0.39, 0.29) is 30.4 Å². The standard InChI is InChI=1S/C19H26N2O4/c1-13(2)18(24)21-17(23)8-9-19(21)12-20(16(19)11-22)10-14-4-6-15(25-3)7-5-14/h4-7,13,16,22H,8-12H2,1-3H3. The van der Waals surface area contributed by atoms with Crippen LogP contribution in [-0.2, 0) is 16.1 Å². The van der Waals surface area contributed by atoms with Gasteiger partial charge >= 0.3 is 0 Å². The molecule has 2 atom stereocenters. The van der Waals surface area contributed by atoms with Gasteiger partial charge in [-0.05, 0) is 24.1 Å². The summed E-state index contributed by atoms with van der Waals surface area (Å²) >= 11 is 0. The maximum Gasteiger partial charge on any atom is 0.232 e. The van der Waals surface area contributed by atoms with Crippen LogP contribution in [0.15, 0.2) is 24.3 Å². The fraction of sp³-hybridized carbons (Fsp3) is 0.579. The van der Waals surface area contributed by atoms with Gasteiger partial charge in [0, 0.05) is 25.4 Å². The normalized spacial score (nSPS) is 26.4. The van der Waals surface area contributed by atoms with E-state index in [2.05, 4.69) is 4.90 Å². The number of imide groups is 1. The first-order valence-electron chi connectivity index (χ1n) is 8.77. The Balaban J connectivity index is 1.76. The van der Waals surface area contributed by atoms with Gasteiger partial charge in [-0.3, -0.25) is 19.4 Å². The van der Waals surface area contributed by atoms with Crippen LogP contribution in [0.25, 0.3) is 0 Å². The van der Waals surface area contributed by atoms with E-state index in [4.69, 9.17) is 4.74 Å². The van der Waals surface area contributed by atoms with Crippen LogP contribution in [0, 0.1) is 5.92 Å². The molecule has 0 aromatic heterocycles. The molecule has 2 fully saturated rings. The zero-order chi connectivity index (χ0) is 18.2. The molecule has 2 unspecified atom stereocenters. The number of likely N-dealkylation sites (tertiary alicyclic amines) is 2. The van der Waals surface area contributed by atoms with E-state index in [9.17, 15) is 14.7 Å². The van der Waals surface area contributed by atoms with E-state index in [1.807, 2.05) is 38.1 Å². The molecule has 6 nitrogen and oxygen atoms in total. The lowest BCUT2D eigenvalue weighted by Crippen LogP contribution is -2.76. The maximum atomic E-state index is 12.6. The molecule has 0 aliphatic carbocycles. The molecule has 2 aliphatic rings. The summed E-state index contributed by atoms with van der Waals surface area (Å²) in [5.41, 5.74) is 0.569. The lowest BCUT2D eigenvalue weighted by molar-refractivity contribution is -0.167. The van der Waals surface area contributed by atoms with Crippen LogP contribution in [0.1, 0.15) is 32.3 Å². The van der Waals surface area contributed by atoms with Crippen molar-refractivity contribution in [2.45, 2.75) is 44.8 Å². The van der Waals surface area contributed by atoms with E-state index in [1.54, 1.807) is 7.11 Å². The van der Waals surface area contributed by atoms with Crippen molar-refractivity contribution in [3.8, 4) is 5.75 Å². The molecule has 1 aromatic rings. The number of aliphatic hydroxyl groups excluding tert-OH is 1. The molecule has 2 amide bonds. The first kappa shape index (κ1) is 17.9. The van der Waals surface area contributed by atoms with Crippen molar-refractivity contribution in [2.24, 2.45) is 5.92 Å². The second-order valence-corrected chi connectivity index (χ2v) is 7.28. The van der Waals surface area contributed by atoms with Crippen LogP contribution < -0.4 is 4.74 Å². The number of aliphatic hydroxyl groups is 1. The number of hydrogen-bond donors (Lipinski definition) is 1. The summed E-state index contributed by atoms with van der Waals surface area (Å²) in [5, 5.41) is 9.96. The number of methoxy groups -OCH3 is 1. The van der Waals surface area contributed by atoms with Crippen molar-refractivity contribution in [3.63, 3.8) is 0 Å². The van der Waals surface area contributed by atoms with Gasteiger partial charge in [-0.2, -0.15) is 0 Å². The number of nitrogens with zero attached hydrogens (tertiary/aromatic N) is 2. The zero-order valence-corrected chi connectivity index (χ0v) is 15.1. The van der Waals surface area contributed by atoms with E-state index in [0.29, 0.717) is 25.9 Å². The molecule has 2 saturated heterocycles. The highest BCUT2D eigenvalue weighted by atomic mass is 16.5. The fourth-order valence-corrected chi connectivity index (χ4v) is 4.07. The molecule has 1 aromatic carbocycles. The minimum absolute atomic E-state index is 0.0642. The Hall–Kier alpha value is -1.92. The molecule has 2 heterocycles. The third-order valence-corrected chi connectivity index (χ3v) is 5.44. The number of ether oxygens (including phenoxy) is 1. The first-order chi connectivity index (χ1) is 11.9. The summed E-state index contributed by atoms with van der Waals surface area (Å²) < 4.78 is 5.17. The second kappa shape index (κ2) is 6.77. The van der Waals surface area contributed by atoms with E-state index >= 15 is 0 Å². The summed E-state index contributed by atoms with van der Waals surface area (Å²) in [6.07, 6.45) is 1.01. The van der Waals surface area contributed by atoms with Gasteiger partial charge in [0.2, 0.25) is 11.8 Å². The molecule has 136 valence electrons. The summed E-state index contributed by atoms with van der Waals surface area (Å²) in [4.78, 5) is 28.5. The van der Waals surface area contributed by atoms with Gasteiger partial charge < -0.3 is 9.84 Å². The first-order valence-corrected chi connectivity index (χ1v) is 8.77. The monoisotopic (exact) mass is 346 g/mol. The Kier molecular flexibility index (Phi) is 4.84. The largest absolute Gasteiger partial charge is 0.497 e. The summed E-state index contributed by atoms with van der Waals surface area (Å²) in [6, 6.07) is 7.60. The average molecular weight is 346 g/mol. The van der Waals surface area contributed by atoms with Gasteiger partial charge in [0.1, 0.15) is 5.75 Å². The Morgan fingerprint density at radius 2 is 2.04 bits per heavy atom. The summed E-state index contributed by atoms with van der Waals surface area (Å²) in [5.74, 6) is 0.331. The van der Waals surface area contributed by atoms with Gasteiger partial charge in [0.25, 0.3) is 0 Å². The van der Waals surface area contributed by atoms with Crippen molar-refractivity contribution in [1.82, 2.24) is 9.80 Å². The molecule has 3 rings (SSSR count). The molecule has 1 spiro atoms. The Morgan fingerprint density at radius 1 is 1.36 bits per heavy atom. The minimum Gasteiger partial charge on any atom is -0.497 e. The van der Waals surface area contributed by atoms with Gasteiger partial charge in [-0.15, -0.1) is 0 Å². The third kappa shape index (κ3) is 2.93. The van der Waals surface area contributed by atoms with Gasteiger partial charge in [-0.25, -0.2) is 0 Å². The van der Waals surface area contributed by atoms with Crippen LogP contribution in [0.5, 0.6) is 5.75 Å². The zero-order valence-electron chi connectivity index (χ0n) is 15.1. The lowest BCUT2D eigenvalue weighted by atomic mass is 9.77.